The van der Waals surface area contributed by atoms with Gasteiger partial charge in [-0.2, -0.15) is 0 Å². The summed E-state index contributed by atoms with van der Waals surface area (Å²) >= 11 is 7.03. The summed E-state index contributed by atoms with van der Waals surface area (Å²) in [6, 6.07) is 14.7. The zero-order valence-electron chi connectivity index (χ0n) is 10.9. The molecule has 3 rings (SSSR count). The lowest BCUT2D eigenvalue weighted by Gasteiger charge is -2.15. The molecule has 1 aromatic heterocycles. The van der Waals surface area contributed by atoms with Crippen LogP contribution >= 0.6 is 31.9 Å². The minimum atomic E-state index is 0.0346. The molecule has 20 heavy (non-hydrogen) atoms. The molecule has 0 spiro atoms. The molecule has 0 saturated carbocycles. The van der Waals surface area contributed by atoms with Crippen molar-refractivity contribution in [3.8, 4) is 0 Å². The Kier molecular flexibility index (Phi) is 3.96. The highest BCUT2D eigenvalue weighted by atomic mass is 79.9. The summed E-state index contributed by atoms with van der Waals surface area (Å²) in [6.45, 7) is 0. The highest BCUT2D eigenvalue weighted by molar-refractivity contribution is 9.10. The van der Waals surface area contributed by atoms with Crippen molar-refractivity contribution in [2.24, 2.45) is 0 Å². The summed E-state index contributed by atoms with van der Waals surface area (Å²) in [7, 11) is 1.94. The largest absolute Gasteiger partial charge is 0.466 e. The lowest BCUT2D eigenvalue weighted by atomic mass is 10.0. The van der Waals surface area contributed by atoms with Crippen LogP contribution in [-0.2, 0) is 0 Å². The minimum Gasteiger partial charge on any atom is -0.466 e. The van der Waals surface area contributed by atoms with Crippen LogP contribution in [0.15, 0.2) is 62.1 Å². The Morgan fingerprint density at radius 1 is 1.00 bits per heavy atom. The van der Waals surface area contributed by atoms with E-state index < -0.39 is 0 Å². The van der Waals surface area contributed by atoms with Crippen molar-refractivity contribution in [1.82, 2.24) is 5.32 Å². The van der Waals surface area contributed by atoms with Crippen LogP contribution in [0, 0.1) is 0 Å². The molecule has 2 aromatic carbocycles. The summed E-state index contributed by atoms with van der Waals surface area (Å²) in [4.78, 5) is 0. The average Bonchev–Trinajstić information content (AvgIpc) is 2.86. The van der Waals surface area contributed by atoms with Gasteiger partial charge in [-0.3, -0.25) is 0 Å². The molecule has 3 aromatic rings. The third-order valence-corrected chi connectivity index (χ3v) is 4.50. The molecule has 0 aliphatic rings. The topological polar surface area (TPSA) is 25.2 Å². The van der Waals surface area contributed by atoms with Gasteiger partial charge in [-0.05, 0) is 63.6 Å². The molecule has 0 aliphatic heterocycles. The Balaban J connectivity index is 2.08. The van der Waals surface area contributed by atoms with Crippen LogP contribution in [0.1, 0.15) is 17.4 Å². The highest BCUT2D eigenvalue weighted by Crippen LogP contribution is 2.31. The standard InChI is InChI=1S/C16H13Br2NO/c1-19-15(16-14(18)6-7-20-16)12-3-2-11-9-13(17)5-4-10(11)8-12/h2-9,15,19H,1H3. The molecule has 0 amide bonds. The molecule has 0 fully saturated rings. The van der Waals surface area contributed by atoms with Crippen molar-refractivity contribution in [2.45, 2.75) is 6.04 Å². The minimum absolute atomic E-state index is 0.0346. The Bertz CT molecular complexity index is 751. The summed E-state index contributed by atoms with van der Waals surface area (Å²) in [5.74, 6) is 0.893. The van der Waals surface area contributed by atoms with Gasteiger partial charge in [0.15, 0.2) is 0 Å². The molecule has 0 aliphatic carbocycles. The van der Waals surface area contributed by atoms with Crippen molar-refractivity contribution in [2.75, 3.05) is 7.05 Å². The van der Waals surface area contributed by atoms with Gasteiger partial charge in [-0.15, -0.1) is 0 Å². The van der Waals surface area contributed by atoms with Crippen molar-refractivity contribution in [1.29, 1.82) is 0 Å². The maximum atomic E-state index is 5.59. The monoisotopic (exact) mass is 393 g/mol. The van der Waals surface area contributed by atoms with Crippen LogP contribution in [-0.4, -0.2) is 7.05 Å². The van der Waals surface area contributed by atoms with Crippen LogP contribution in [0.25, 0.3) is 10.8 Å². The zero-order valence-corrected chi connectivity index (χ0v) is 14.0. The number of furan rings is 1. The van der Waals surface area contributed by atoms with Crippen LogP contribution < -0.4 is 5.32 Å². The van der Waals surface area contributed by atoms with E-state index in [2.05, 4.69) is 73.6 Å². The zero-order chi connectivity index (χ0) is 14.1. The molecule has 1 atom stereocenters. The van der Waals surface area contributed by atoms with E-state index in [1.807, 2.05) is 13.1 Å². The van der Waals surface area contributed by atoms with Gasteiger partial charge in [-0.1, -0.05) is 34.1 Å². The molecule has 1 unspecified atom stereocenters. The molecular weight excluding hydrogens is 382 g/mol. The molecular formula is C16H13Br2NO. The SMILES string of the molecule is CNC(c1ccc2cc(Br)ccc2c1)c1occc1Br. The van der Waals surface area contributed by atoms with Crippen LogP contribution in [0.5, 0.6) is 0 Å². The Labute approximate surface area is 134 Å². The summed E-state index contributed by atoms with van der Waals surface area (Å²) < 4.78 is 7.66. The smallest absolute Gasteiger partial charge is 0.139 e. The van der Waals surface area contributed by atoms with Crippen LogP contribution in [0.4, 0.5) is 0 Å². The van der Waals surface area contributed by atoms with Crippen molar-refractivity contribution in [3.63, 3.8) is 0 Å². The molecule has 2 nitrogen and oxygen atoms in total. The second-order valence-corrected chi connectivity index (χ2v) is 6.38. The van der Waals surface area contributed by atoms with E-state index in [0.717, 1.165) is 14.7 Å². The van der Waals surface area contributed by atoms with E-state index in [1.165, 1.54) is 16.3 Å². The second kappa shape index (κ2) is 5.72. The third kappa shape index (κ3) is 2.55. The maximum absolute atomic E-state index is 5.59. The second-order valence-electron chi connectivity index (χ2n) is 4.61. The van der Waals surface area contributed by atoms with Crippen LogP contribution in [0.2, 0.25) is 0 Å². The summed E-state index contributed by atoms with van der Waals surface area (Å²) in [5, 5.41) is 5.74. The first-order valence-electron chi connectivity index (χ1n) is 6.28. The van der Waals surface area contributed by atoms with E-state index in [1.54, 1.807) is 6.26 Å². The van der Waals surface area contributed by atoms with Gasteiger partial charge in [-0.25, -0.2) is 0 Å². The summed E-state index contributed by atoms with van der Waals surface area (Å²) in [6.07, 6.45) is 1.70. The number of hydrogen-bond donors (Lipinski definition) is 1. The van der Waals surface area contributed by atoms with E-state index in [4.69, 9.17) is 4.42 Å². The first-order valence-corrected chi connectivity index (χ1v) is 7.87. The predicted octanol–water partition coefficient (Wildman–Crippen LogP) is 5.27. The number of benzene rings is 2. The molecule has 102 valence electrons. The fourth-order valence-corrected chi connectivity index (χ4v) is 3.18. The van der Waals surface area contributed by atoms with Gasteiger partial charge in [0.05, 0.1) is 16.8 Å². The van der Waals surface area contributed by atoms with Crippen molar-refractivity contribution >= 4 is 42.6 Å². The molecule has 0 saturated heterocycles. The van der Waals surface area contributed by atoms with Gasteiger partial charge in [0.2, 0.25) is 0 Å². The van der Waals surface area contributed by atoms with Gasteiger partial charge in [0.1, 0.15) is 5.76 Å². The van der Waals surface area contributed by atoms with E-state index in [9.17, 15) is 0 Å². The Morgan fingerprint density at radius 2 is 1.75 bits per heavy atom. The average molecular weight is 395 g/mol. The first kappa shape index (κ1) is 13.9. The van der Waals surface area contributed by atoms with Crippen LogP contribution in [0.3, 0.4) is 0 Å². The molecule has 4 heteroatoms. The van der Waals surface area contributed by atoms with Gasteiger partial charge in [0, 0.05) is 4.47 Å². The summed E-state index contributed by atoms with van der Waals surface area (Å²) in [5.41, 5.74) is 1.18. The fraction of sp³-hybridized carbons (Fsp3) is 0.125. The molecule has 0 bridgehead atoms. The predicted molar refractivity (Wildman–Crippen MR) is 89.0 cm³/mol. The number of nitrogens with one attached hydrogen (secondary N) is 1. The molecule has 1 heterocycles. The first-order chi connectivity index (χ1) is 9.69. The number of fused-ring (bicyclic) bond motifs is 1. The Hall–Kier alpha value is -1.10. The van der Waals surface area contributed by atoms with E-state index in [-0.39, 0.29) is 6.04 Å². The van der Waals surface area contributed by atoms with E-state index in [0.29, 0.717) is 0 Å². The highest BCUT2D eigenvalue weighted by Gasteiger charge is 2.18. The number of hydrogen-bond acceptors (Lipinski definition) is 2. The lowest BCUT2D eigenvalue weighted by molar-refractivity contribution is 0.461. The van der Waals surface area contributed by atoms with Gasteiger partial charge < -0.3 is 9.73 Å². The normalized spacial score (nSPS) is 12.8. The number of halogens is 2. The molecule has 0 radical (unpaired) electrons. The quantitative estimate of drug-likeness (QED) is 0.654. The van der Waals surface area contributed by atoms with Crippen molar-refractivity contribution in [3.05, 3.63) is 69.0 Å². The number of rotatable bonds is 3. The van der Waals surface area contributed by atoms with E-state index >= 15 is 0 Å². The maximum Gasteiger partial charge on any atom is 0.139 e. The fourth-order valence-electron chi connectivity index (χ4n) is 2.38. The van der Waals surface area contributed by atoms with Gasteiger partial charge >= 0.3 is 0 Å². The Morgan fingerprint density at radius 3 is 2.45 bits per heavy atom. The van der Waals surface area contributed by atoms with Crippen molar-refractivity contribution < 1.29 is 4.42 Å². The van der Waals surface area contributed by atoms with Gasteiger partial charge in [0.25, 0.3) is 0 Å². The lowest BCUT2D eigenvalue weighted by Crippen LogP contribution is -2.17. The third-order valence-electron chi connectivity index (χ3n) is 3.36. The molecule has 1 N–H and O–H groups in total.